The second kappa shape index (κ2) is 2.55. The summed E-state index contributed by atoms with van der Waals surface area (Å²) in [4.78, 5) is 11.2. The smallest absolute Gasteiger partial charge is 0.254 e. The van der Waals surface area contributed by atoms with Gasteiger partial charge in [0, 0.05) is 4.48 Å². The van der Waals surface area contributed by atoms with Crippen molar-refractivity contribution in [1.82, 2.24) is 5.43 Å². The van der Waals surface area contributed by atoms with Crippen LogP contribution in [0.1, 0.15) is 6.92 Å². The summed E-state index contributed by atoms with van der Waals surface area (Å²) in [7, 11) is 0. The number of nitrogens with one attached hydrogen (secondary N) is 1. The maximum atomic E-state index is 11.2. The highest BCUT2D eigenvalue weighted by molar-refractivity contribution is 9.11. The second-order valence-electron chi connectivity index (χ2n) is 2.86. The summed E-state index contributed by atoms with van der Waals surface area (Å²) in [5.41, 5.74) is 4.35. The van der Waals surface area contributed by atoms with Gasteiger partial charge in [0.1, 0.15) is 5.92 Å². The van der Waals surface area contributed by atoms with Gasteiger partial charge >= 0.3 is 0 Å². The molecule has 2 aliphatic rings. The molecule has 1 aliphatic heterocycles. The molecule has 1 N–H and O–H groups in total. The number of carbonyl (C=O) groups excluding carboxylic acids is 1. The third-order valence-corrected chi connectivity index (χ3v) is 2.56. The lowest BCUT2D eigenvalue weighted by Gasteiger charge is -2.12. The summed E-state index contributed by atoms with van der Waals surface area (Å²) < 4.78 is 0.885. The van der Waals surface area contributed by atoms with Gasteiger partial charge in [-0.25, -0.2) is 5.43 Å². The van der Waals surface area contributed by atoms with Crippen molar-refractivity contribution >= 4 is 27.5 Å². The van der Waals surface area contributed by atoms with Gasteiger partial charge in [-0.1, -0.05) is 15.9 Å². The molecule has 0 fully saturated rings. The largest absolute Gasteiger partial charge is 0.272 e. The minimum atomic E-state index is -0.214. The van der Waals surface area contributed by atoms with E-state index >= 15 is 0 Å². The van der Waals surface area contributed by atoms with Crippen molar-refractivity contribution < 1.29 is 4.79 Å². The molecular formula is C8H7BrN2O. The van der Waals surface area contributed by atoms with E-state index in [-0.39, 0.29) is 11.8 Å². The van der Waals surface area contributed by atoms with Crippen molar-refractivity contribution in [1.29, 1.82) is 0 Å². The number of hydrogen-bond acceptors (Lipinski definition) is 2. The molecule has 3 nitrogen and oxygen atoms in total. The maximum absolute atomic E-state index is 11.2. The van der Waals surface area contributed by atoms with Crippen LogP contribution in [-0.2, 0) is 4.79 Å². The monoisotopic (exact) mass is 226 g/mol. The van der Waals surface area contributed by atoms with E-state index < -0.39 is 0 Å². The minimum absolute atomic E-state index is 0.0584. The number of allylic oxidation sites excluding steroid dienone is 3. The molecule has 0 saturated heterocycles. The van der Waals surface area contributed by atoms with Crippen LogP contribution in [0.25, 0.3) is 0 Å². The first kappa shape index (κ1) is 7.73. The Hall–Kier alpha value is -0.900. The van der Waals surface area contributed by atoms with Crippen LogP contribution in [0.15, 0.2) is 27.3 Å². The molecular weight excluding hydrogens is 220 g/mol. The number of amides is 1. The molecule has 2 rings (SSSR count). The van der Waals surface area contributed by atoms with Gasteiger partial charge in [-0.2, -0.15) is 5.10 Å². The Morgan fingerprint density at radius 1 is 1.58 bits per heavy atom. The van der Waals surface area contributed by atoms with E-state index in [9.17, 15) is 4.79 Å². The Bertz CT molecular complexity index is 341. The number of nitrogens with zero attached hydrogens (tertiary/aromatic N) is 1. The fourth-order valence-corrected chi connectivity index (χ4v) is 2.14. The van der Waals surface area contributed by atoms with Crippen LogP contribution in [0, 0.1) is 5.92 Å². The number of hydrogen-bond donors (Lipinski definition) is 1. The summed E-state index contributed by atoms with van der Waals surface area (Å²) >= 11 is 3.35. The SMILES string of the molecule is CC1=CC2=NNC(=O)C2C(Br)=C1. The third-order valence-electron chi connectivity index (χ3n) is 1.87. The van der Waals surface area contributed by atoms with Crippen LogP contribution < -0.4 is 5.43 Å². The molecule has 1 aliphatic carbocycles. The Kier molecular flexibility index (Phi) is 1.65. The fourth-order valence-electron chi connectivity index (χ4n) is 1.34. The van der Waals surface area contributed by atoms with Gasteiger partial charge in [-0.15, -0.1) is 0 Å². The van der Waals surface area contributed by atoms with Crippen LogP contribution in [0.3, 0.4) is 0 Å². The Balaban J connectivity index is 2.46. The van der Waals surface area contributed by atoms with Crippen LogP contribution in [0.5, 0.6) is 0 Å². The van der Waals surface area contributed by atoms with Crippen molar-refractivity contribution in [3.05, 3.63) is 22.2 Å². The molecule has 0 aromatic carbocycles. The predicted molar refractivity (Wildman–Crippen MR) is 49.8 cm³/mol. The van der Waals surface area contributed by atoms with E-state index in [0.717, 1.165) is 15.8 Å². The van der Waals surface area contributed by atoms with Gasteiger partial charge in [0.2, 0.25) is 0 Å². The summed E-state index contributed by atoms with van der Waals surface area (Å²) in [6, 6.07) is 0. The molecule has 1 heterocycles. The number of carbonyl (C=O) groups is 1. The average Bonchev–Trinajstić information content (AvgIpc) is 2.31. The van der Waals surface area contributed by atoms with E-state index in [1.165, 1.54) is 0 Å². The van der Waals surface area contributed by atoms with Crippen LogP contribution >= 0.6 is 15.9 Å². The molecule has 0 aromatic rings. The zero-order chi connectivity index (χ0) is 8.72. The summed E-state index contributed by atoms with van der Waals surface area (Å²) in [6.07, 6.45) is 3.85. The number of rotatable bonds is 0. The van der Waals surface area contributed by atoms with Gasteiger partial charge in [0.15, 0.2) is 0 Å². The molecule has 1 unspecified atom stereocenters. The van der Waals surface area contributed by atoms with E-state index in [4.69, 9.17) is 0 Å². The third kappa shape index (κ3) is 1.03. The first-order valence-corrected chi connectivity index (χ1v) is 4.40. The molecule has 1 atom stereocenters. The zero-order valence-corrected chi connectivity index (χ0v) is 8.05. The van der Waals surface area contributed by atoms with Crippen molar-refractivity contribution in [3.8, 4) is 0 Å². The number of fused-ring (bicyclic) bond motifs is 1. The molecule has 0 radical (unpaired) electrons. The van der Waals surface area contributed by atoms with E-state index in [1.807, 2.05) is 19.1 Å². The van der Waals surface area contributed by atoms with Crippen LogP contribution in [0.2, 0.25) is 0 Å². The zero-order valence-electron chi connectivity index (χ0n) is 6.47. The van der Waals surface area contributed by atoms with Crippen molar-refractivity contribution in [2.75, 3.05) is 0 Å². The highest BCUT2D eigenvalue weighted by Gasteiger charge is 2.32. The minimum Gasteiger partial charge on any atom is -0.272 e. The van der Waals surface area contributed by atoms with E-state index in [0.29, 0.717) is 0 Å². The maximum Gasteiger partial charge on any atom is 0.254 e. The number of hydrazone groups is 1. The van der Waals surface area contributed by atoms with Gasteiger partial charge in [-0.3, -0.25) is 4.79 Å². The first-order chi connectivity index (χ1) is 5.68. The first-order valence-electron chi connectivity index (χ1n) is 3.61. The molecule has 62 valence electrons. The van der Waals surface area contributed by atoms with Gasteiger partial charge in [0.25, 0.3) is 5.91 Å². The Morgan fingerprint density at radius 3 is 3.08 bits per heavy atom. The fraction of sp³-hybridized carbons (Fsp3) is 0.250. The summed E-state index contributed by atoms with van der Waals surface area (Å²) in [5.74, 6) is -0.273. The Morgan fingerprint density at radius 2 is 2.33 bits per heavy atom. The molecule has 12 heavy (non-hydrogen) atoms. The molecule has 0 saturated carbocycles. The standard InChI is InChI=1S/C8H7BrN2O/c1-4-2-5(9)7-6(3-4)10-11-8(7)12/h2-3,7H,1H3,(H,11,12). The number of halogens is 1. The normalized spacial score (nSPS) is 27.0. The van der Waals surface area contributed by atoms with Crippen molar-refractivity contribution in [3.63, 3.8) is 0 Å². The molecule has 1 amide bonds. The van der Waals surface area contributed by atoms with Crippen molar-refractivity contribution in [2.24, 2.45) is 11.0 Å². The van der Waals surface area contributed by atoms with E-state index in [1.54, 1.807) is 0 Å². The lowest BCUT2D eigenvalue weighted by molar-refractivity contribution is -0.121. The molecule has 0 bridgehead atoms. The van der Waals surface area contributed by atoms with Crippen molar-refractivity contribution in [2.45, 2.75) is 6.92 Å². The Labute approximate surface area is 78.3 Å². The summed E-state index contributed by atoms with van der Waals surface area (Å²) in [5, 5.41) is 3.91. The second-order valence-corrected chi connectivity index (χ2v) is 3.78. The van der Waals surface area contributed by atoms with E-state index in [2.05, 4.69) is 26.5 Å². The average molecular weight is 227 g/mol. The quantitative estimate of drug-likeness (QED) is 0.666. The molecule has 0 spiro atoms. The van der Waals surface area contributed by atoms with Crippen LogP contribution in [-0.4, -0.2) is 11.6 Å². The topological polar surface area (TPSA) is 41.5 Å². The lowest BCUT2D eigenvalue weighted by Crippen LogP contribution is -2.24. The van der Waals surface area contributed by atoms with Gasteiger partial charge in [0.05, 0.1) is 5.71 Å². The molecule has 4 heteroatoms. The predicted octanol–water partition coefficient (Wildman–Crippen LogP) is 1.33. The van der Waals surface area contributed by atoms with Gasteiger partial charge < -0.3 is 0 Å². The lowest BCUT2D eigenvalue weighted by atomic mass is 9.96. The van der Waals surface area contributed by atoms with Crippen LogP contribution in [0.4, 0.5) is 0 Å². The van der Waals surface area contributed by atoms with Gasteiger partial charge in [-0.05, 0) is 24.6 Å². The molecule has 0 aromatic heterocycles. The summed E-state index contributed by atoms with van der Waals surface area (Å²) in [6.45, 7) is 1.97. The highest BCUT2D eigenvalue weighted by Crippen LogP contribution is 2.29. The highest BCUT2D eigenvalue weighted by atomic mass is 79.9.